The Morgan fingerprint density at radius 2 is 2.60 bits per heavy atom. The first-order chi connectivity index (χ1) is 7.36. The third-order valence-electron chi connectivity index (χ3n) is 2.87. The van der Waals surface area contributed by atoms with Gasteiger partial charge in [0.25, 0.3) is 0 Å². The van der Waals surface area contributed by atoms with Crippen molar-refractivity contribution in [1.29, 1.82) is 0 Å². The molecule has 2 rings (SSSR count). The first-order valence-corrected chi connectivity index (χ1v) is 6.80. The molecule has 0 aliphatic carbocycles. The maximum atomic E-state index is 4.21. The van der Waals surface area contributed by atoms with Crippen LogP contribution in [0.25, 0.3) is 0 Å². The number of hydrogen-bond donors (Lipinski definition) is 1. The average molecular weight is 225 g/mol. The van der Waals surface area contributed by atoms with E-state index in [0.717, 1.165) is 25.0 Å². The highest BCUT2D eigenvalue weighted by Crippen LogP contribution is 2.16. The van der Waals surface area contributed by atoms with Gasteiger partial charge in [0.2, 0.25) is 0 Å². The fraction of sp³-hybridized carbons (Fsp3) is 0.727. The van der Waals surface area contributed by atoms with Crippen molar-refractivity contribution < 1.29 is 0 Å². The number of nitrogens with zero attached hydrogens (tertiary/aromatic N) is 2. The summed E-state index contributed by atoms with van der Waals surface area (Å²) in [4.78, 5) is 4.21. The first kappa shape index (κ1) is 11.0. The zero-order chi connectivity index (χ0) is 10.5. The SMILES string of the molecule is Cc1nccn1CCNC1CCCSC1. The minimum absolute atomic E-state index is 0.729. The largest absolute Gasteiger partial charge is 0.334 e. The van der Waals surface area contributed by atoms with Gasteiger partial charge in [-0.25, -0.2) is 4.98 Å². The van der Waals surface area contributed by atoms with Crippen molar-refractivity contribution in [2.24, 2.45) is 0 Å². The van der Waals surface area contributed by atoms with Crippen LogP contribution in [-0.2, 0) is 6.54 Å². The Hall–Kier alpha value is -0.480. The fourth-order valence-corrected chi connectivity index (χ4v) is 3.04. The van der Waals surface area contributed by atoms with Crippen LogP contribution in [0, 0.1) is 6.92 Å². The second-order valence-corrected chi connectivity index (χ2v) is 5.19. The molecule has 1 atom stereocenters. The zero-order valence-electron chi connectivity index (χ0n) is 9.28. The normalized spacial score (nSPS) is 21.8. The van der Waals surface area contributed by atoms with Gasteiger partial charge < -0.3 is 9.88 Å². The summed E-state index contributed by atoms with van der Waals surface area (Å²) in [5, 5.41) is 3.62. The van der Waals surface area contributed by atoms with E-state index < -0.39 is 0 Å². The van der Waals surface area contributed by atoms with Gasteiger partial charge in [0, 0.05) is 37.3 Å². The Bertz CT molecular complexity index is 292. The molecule has 1 aromatic heterocycles. The molecule has 1 aliphatic heterocycles. The Morgan fingerprint density at radius 3 is 3.27 bits per heavy atom. The summed E-state index contributed by atoms with van der Waals surface area (Å²) in [5.74, 6) is 3.73. The van der Waals surface area contributed by atoms with Crippen molar-refractivity contribution in [3.05, 3.63) is 18.2 Å². The van der Waals surface area contributed by atoms with E-state index in [9.17, 15) is 0 Å². The Kier molecular flexibility index (Phi) is 4.09. The summed E-state index contributed by atoms with van der Waals surface area (Å²) in [5.41, 5.74) is 0. The van der Waals surface area contributed by atoms with E-state index in [1.807, 2.05) is 12.4 Å². The highest BCUT2D eigenvalue weighted by molar-refractivity contribution is 7.99. The standard InChI is InChI=1S/C11H19N3S/c1-10-12-4-6-14(10)7-5-13-11-3-2-8-15-9-11/h4,6,11,13H,2-3,5,7-9H2,1H3. The molecule has 3 nitrogen and oxygen atoms in total. The molecule has 0 aromatic carbocycles. The van der Waals surface area contributed by atoms with Crippen molar-refractivity contribution in [2.75, 3.05) is 18.1 Å². The van der Waals surface area contributed by atoms with Crippen LogP contribution >= 0.6 is 11.8 Å². The van der Waals surface area contributed by atoms with E-state index in [2.05, 4.69) is 33.6 Å². The lowest BCUT2D eigenvalue weighted by molar-refractivity contribution is 0.483. The summed E-state index contributed by atoms with van der Waals surface area (Å²) in [7, 11) is 0. The predicted molar refractivity (Wildman–Crippen MR) is 65.3 cm³/mol. The van der Waals surface area contributed by atoms with E-state index in [1.165, 1.54) is 24.3 Å². The van der Waals surface area contributed by atoms with Crippen LogP contribution in [0.5, 0.6) is 0 Å². The van der Waals surface area contributed by atoms with Crippen LogP contribution in [0.3, 0.4) is 0 Å². The number of aromatic nitrogens is 2. The zero-order valence-corrected chi connectivity index (χ0v) is 10.1. The molecule has 2 heterocycles. The van der Waals surface area contributed by atoms with Crippen LogP contribution in [0.1, 0.15) is 18.7 Å². The number of imidazole rings is 1. The molecule has 0 radical (unpaired) electrons. The molecule has 1 aromatic rings. The van der Waals surface area contributed by atoms with Crippen molar-refractivity contribution >= 4 is 11.8 Å². The number of aryl methyl sites for hydroxylation is 1. The van der Waals surface area contributed by atoms with Gasteiger partial charge in [-0.2, -0.15) is 11.8 Å². The second kappa shape index (κ2) is 5.56. The molecule has 0 amide bonds. The second-order valence-electron chi connectivity index (χ2n) is 4.04. The molecule has 4 heteroatoms. The quantitative estimate of drug-likeness (QED) is 0.845. The summed E-state index contributed by atoms with van der Waals surface area (Å²) in [6, 6.07) is 0.729. The van der Waals surface area contributed by atoms with Crippen LogP contribution in [-0.4, -0.2) is 33.6 Å². The van der Waals surface area contributed by atoms with Crippen LogP contribution in [0.2, 0.25) is 0 Å². The summed E-state index contributed by atoms with van der Waals surface area (Å²) in [6.07, 6.45) is 6.63. The number of thioether (sulfide) groups is 1. The Morgan fingerprint density at radius 1 is 1.67 bits per heavy atom. The van der Waals surface area contributed by atoms with E-state index >= 15 is 0 Å². The maximum Gasteiger partial charge on any atom is 0.105 e. The molecule has 1 saturated heterocycles. The van der Waals surface area contributed by atoms with Gasteiger partial charge in [-0.05, 0) is 25.5 Å². The minimum atomic E-state index is 0.729. The van der Waals surface area contributed by atoms with Crippen LogP contribution in [0.4, 0.5) is 0 Å². The molecule has 1 aliphatic rings. The molecule has 84 valence electrons. The van der Waals surface area contributed by atoms with E-state index in [0.29, 0.717) is 0 Å². The van der Waals surface area contributed by atoms with Gasteiger partial charge in [-0.1, -0.05) is 0 Å². The van der Waals surface area contributed by atoms with Crippen molar-refractivity contribution in [1.82, 2.24) is 14.9 Å². The Labute approximate surface area is 95.7 Å². The Balaban J connectivity index is 1.68. The van der Waals surface area contributed by atoms with Crippen molar-refractivity contribution in [2.45, 2.75) is 32.4 Å². The molecule has 0 spiro atoms. The number of rotatable bonds is 4. The lowest BCUT2D eigenvalue weighted by Crippen LogP contribution is -2.35. The monoisotopic (exact) mass is 225 g/mol. The molecule has 1 N–H and O–H groups in total. The van der Waals surface area contributed by atoms with E-state index in [1.54, 1.807) is 0 Å². The van der Waals surface area contributed by atoms with E-state index in [4.69, 9.17) is 0 Å². The van der Waals surface area contributed by atoms with Crippen LogP contribution in [0.15, 0.2) is 12.4 Å². The number of hydrogen-bond acceptors (Lipinski definition) is 3. The third kappa shape index (κ3) is 3.24. The lowest BCUT2D eigenvalue weighted by atomic mass is 10.2. The molecule has 0 bridgehead atoms. The van der Waals surface area contributed by atoms with E-state index in [-0.39, 0.29) is 0 Å². The number of nitrogens with one attached hydrogen (secondary N) is 1. The maximum absolute atomic E-state index is 4.21. The van der Waals surface area contributed by atoms with Gasteiger partial charge in [-0.15, -0.1) is 0 Å². The smallest absolute Gasteiger partial charge is 0.105 e. The molecule has 0 saturated carbocycles. The highest BCUT2D eigenvalue weighted by Gasteiger charge is 2.12. The third-order valence-corrected chi connectivity index (χ3v) is 4.09. The van der Waals surface area contributed by atoms with Gasteiger partial charge in [0.1, 0.15) is 5.82 Å². The summed E-state index contributed by atoms with van der Waals surface area (Å²) in [6.45, 7) is 4.14. The minimum Gasteiger partial charge on any atom is -0.334 e. The highest BCUT2D eigenvalue weighted by atomic mass is 32.2. The van der Waals surface area contributed by atoms with Gasteiger partial charge >= 0.3 is 0 Å². The van der Waals surface area contributed by atoms with Gasteiger partial charge in [-0.3, -0.25) is 0 Å². The fourth-order valence-electron chi connectivity index (χ4n) is 1.93. The van der Waals surface area contributed by atoms with Gasteiger partial charge in [0.15, 0.2) is 0 Å². The molecular formula is C11H19N3S. The molecular weight excluding hydrogens is 206 g/mol. The topological polar surface area (TPSA) is 29.9 Å². The van der Waals surface area contributed by atoms with Crippen molar-refractivity contribution in [3.63, 3.8) is 0 Å². The first-order valence-electron chi connectivity index (χ1n) is 5.65. The average Bonchev–Trinajstić information content (AvgIpc) is 2.66. The lowest BCUT2D eigenvalue weighted by Gasteiger charge is -2.22. The summed E-state index contributed by atoms with van der Waals surface area (Å²) >= 11 is 2.07. The van der Waals surface area contributed by atoms with Gasteiger partial charge in [0.05, 0.1) is 0 Å². The van der Waals surface area contributed by atoms with Crippen molar-refractivity contribution in [3.8, 4) is 0 Å². The predicted octanol–water partition coefficient (Wildman–Crippen LogP) is 1.68. The van der Waals surface area contributed by atoms with Crippen LogP contribution < -0.4 is 5.32 Å². The molecule has 1 unspecified atom stereocenters. The molecule has 1 fully saturated rings. The summed E-state index contributed by atoms with van der Waals surface area (Å²) < 4.78 is 2.20. The molecule has 15 heavy (non-hydrogen) atoms.